The number of imide groups is 2. The number of amides is 6. The standard InChI is InChI=1S/C41H51F2N13O7/c42-34(43)33-26(24-47-39(44)49-33)35-50-40(52-41(51-35)55-20-22-63-23-21-55)54-18-16-53(17-19-54)31(59)13-12-29(57)46-15-6-4-2-1-3-5-14-45-27-9-7-8-25-32(27)38(62)56(37(25)61)28-10-11-30(58)48-36(28)60/h7-9,24,28,34,45H,1-6,10-23H2,(H,46,57)(H2,44,47,49)(H,48,58,60). The van der Waals surface area contributed by atoms with E-state index in [1.54, 1.807) is 23.1 Å². The van der Waals surface area contributed by atoms with E-state index in [1.807, 2.05) is 9.80 Å². The number of piperidine rings is 1. The van der Waals surface area contributed by atoms with Crippen molar-refractivity contribution < 1.29 is 42.3 Å². The molecule has 1 aromatic carbocycles. The Balaban J connectivity index is 0.778. The number of alkyl halides is 2. The minimum absolute atomic E-state index is 0.0116. The fourth-order valence-corrected chi connectivity index (χ4v) is 7.96. The Bertz CT molecular complexity index is 2200. The second-order valence-corrected chi connectivity index (χ2v) is 15.6. The van der Waals surface area contributed by atoms with Gasteiger partial charge in [0.1, 0.15) is 11.7 Å². The predicted octanol–water partition coefficient (Wildman–Crippen LogP) is 2.08. The van der Waals surface area contributed by atoms with Gasteiger partial charge in [-0.05, 0) is 31.4 Å². The number of nitrogens with two attached hydrogens (primary N) is 1. The van der Waals surface area contributed by atoms with E-state index in [0.717, 1.165) is 43.4 Å². The van der Waals surface area contributed by atoms with Crippen LogP contribution in [0.1, 0.15) is 97.0 Å². The molecule has 0 bridgehead atoms. The predicted molar refractivity (Wildman–Crippen MR) is 224 cm³/mol. The summed E-state index contributed by atoms with van der Waals surface area (Å²) < 4.78 is 33.4. The third-order valence-electron chi connectivity index (χ3n) is 11.4. The topological polar surface area (TPSA) is 251 Å². The maximum atomic E-state index is 14.0. The number of aromatic nitrogens is 5. The molecule has 63 heavy (non-hydrogen) atoms. The molecule has 4 aliphatic rings. The Morgan fingerprint density at radius 3 is 2.21 bits per heavy atom. The van der Waals surface area contributed by atoms with Gasteiger partial charge in [0.2, 0.25) is 41.5 Å². The van der Waals surface area contributed by atoms with E-state index in [1.165, 1.54) is 6.20 Å². The average Bonchev–Trinajstić information content (AvgIpc) is 3.54. The number of fused-ring (bicyclic) bond motifs is 1. The molecule has 336 valence electrons. The highest BCUT2D eigenvalue weighted by Gasteiger charge is 2.45. The van der Waals surface area contributed by atoms with Gasteiger partial charge >= 0.3 is 0 Å². The van der Waals surface area contributed by atoms with E-state index in [9.17, 15) is 37.5 Å². The molecule has 3 fully saturated rings. The summed E-state index contributed by atoms with van der Waals surface area (Å²) in [6.07, 6.45) is 3.99. The quantitative estimate of drug-likeness (QED) is 0.105. The van der Waals surface area contributed by atoms with Crippen molar-refractivity contribution in [1.82, 2.24) is 45.4 Å². The SMILES string of the molecule is Nc1ncc(-c2nc(N3CCOCC3)nc(N3CCN(C(=O)CCC(=O)NCCCCCCCCNc4cccc5c4C(=O)N(C4CCC(=O)NC4=O)C5=O)CC3)n2)c(C(F)F)n1. The number of morpholine rings is 1. The molecule has 6 heterocycles. The third-order valence-corrected chi connectivity index (χ3v) is 11.4. The molecule has 4 aliphatic heterocycles. The monoisotopic (exact) mass is 875 g/mol. The maximum Gasteiger partial charge on any atom is 0.281 e. The van der Waals surface area contributed by atoms with Crippen LogP contribution in [0.3, 0.4) is 0 Å². The number of rotatable bonds is 18. The number of nitrogens with one attached hydrogen (secondary N) is 3. The van der Waals surface area contributed by atoms with Crippen LogP contribution in [0.4, 0.5) is 32.3 Å². The smallest absolute Gasteiger partial charge is 0.281 e. The summed E-state index contributed by atoms with van der Waals surface area (Å²) in [6, 6.07) is 3.98. The number of carbonyl (C=O) groups excluding carboxylic acids is 6. The Hall–Kier alpha value is -6.45. The zero-order valence-electron chi connectivity index (χ0n) is 34.8. The first-order valence-corrected chi connectivity index (χ1v) is 21.4. The minimum Gasteiger partial charge on any atom is -0.384 e. The lowest BCUT2D eigenvalue weighted by Crippen LogP contribution is -2.54. The second kappa shape index (κ2) is 20.6. The molecule has 7 rings (SSSR count). The summed E-state index contributed by atoms with van der Waals surface area (Å²) in [5.41, 5.74) is 5.97. The highest BCUT2D eigenvalue weighted by Crippen LogP contribution is 2.33. The van der Waals surface area contributed by atoms with Crippen LogP contribution in [-0.2, 0) is 23.9 Å². The molecule has 22 heteroatoms. The van der Waals surface area contributed by atoms with Crippen LogP contribution >= 0.6 is 0 Å². The molecule has 0 aliphatic carbocycles. The first-order chi connectivity index (χ1) is 30.5. The molecular weight excluding hydrogens is 825 g/mol. The molecule has 1 atom stereocenters. The normalized spacial score (nSPS) is 17.9. The lowest BCUT2D eigenvalue weighted by atomic mass is 10.0. The van der Waals surface area contributed by atoms with E-state index >= 15 is 0 Å². The van der Waals surface area contributed by atoms with Crippen LogP contribution in [-0.4, -0.2) is 142 Å². The van der Waals surface area contributed by atoms with E-state index in [4.69, 9.17) is 10.5 Å². The molecule has 20 nitrogen and oxygen atoms in total. The summed E-state index contributed by atoms with van der Waals surface area (Å²) >= 11 is 0. The van der Waals surface area contributed by atoms with Crippen molar-refractivity contribution >= 4 is 59.0 Å². The molecule has 0 radical (unpaired) electrons. The number of nitrogen functional groups attached to an aromatic ring is 1. The lowest BCUT2D eigenvalue weighted by molar-refractivity contribution is -0.136. The Labute approximate surface area is 361 Å². The number of carbonyl (C=O) groups is 6. The van der Waals surface area contributed by atoms with Crippen molar-refractivity contribution in [1.29, 1.82) is 0 Å². The molecule has 3 aromatic rings. The van der Waals surface area contributed by atoms with Crippen molar-refractivity contribution in [3.8, 4) is 11.4 Å². The molecule has 2 aromatic heterocycles. The van der Waals surface area contributed by atoms with Crippen molar-refractivity contribution in [2.75, 3.05) is 86.4 Å². The molecule has 5 N–H and O–H groups in total. The molecule has 1 unspecified atom stereocenters. The number of hydrogen-bond acceptors (Lipinski definition) is 16. The summed E-state index contributed by atoms with van der Waals surface area (Å²) in [5, 5.41) is 8.38. The summed E-state index contributed by atoms with van der Waals surface area (Å²) in [5.74, 6) is -2.21. The number of halogens is 2. The van der Waals surface area contributed by atoms with Crippen LogP contribution in [0, 0.1) is 0 Å². The van der Waals surface area contributed by atoms with Gasteiger partial charge in [-0.2, -0.15) is 15.0 Å². The van der Waals surface area contributed by atoms with Gasteiger partial charge < -0.3 is 35.8 Å². The molecular formula is C41H51F2N13O7. The van der Waals surface area contributed by atoms with Gasteiger partial charge in [-0.1, -0.05) is 31.7 Å². The number of unbranched alkanes of at least 4 members (excludes halogenated alkanes) is 5. The number of benzene rings is 1. The lowest BCUT2D eigenvalue weighted by Gasteiger charge is -2.35. The van der Waals surface area contributed by atoms with Gasteiger partial charge in [0.05, 0.1) is 29.9 Å². The van der Waals surface area contributed by atoms with E-state index in [0.29, 0.717) is 77.2 Å². The van der Waals surface area contributed by atoms with Gasteiger partial charge in [-0.3, -0.25) is 39.0 Å². The molecule has 0 spiro atoms. The molecule has 0 saturated carbocycles. The second-order valence-electron chi connectivity index (χ2n) is 15.6. The van der Waals surface area contributed by atoms with E-state index in [-0.39, 0.29) is 71.9 Å². The maximum absolute atomic E-state index is 14.0. The van der Waals surface area contributed by atoms with Crippen molar-refractivity contribution in [3.63, 3.8) is 0 Å². The van der Waals surface area contributed by atoms with Gasteiger partial charge in [0.25, 0.3) is 18.2 Å². The number of anilines is 4. The van der Waals surface area contributed by atoms with Crippen LogP contribution in [0.15, 0.2) is 24.4 Å². The fraction of sp³-hybridized carbons (Fsp3) is 0.537. The number of nitrogens with zero attached hydrogens (tertiary/aromatic N) is 9. The van der Waals surface area contributed by atoms with Crippen LogP contribution in [0.2, 0.25) is 0 Å². The number of ether oxygens (including phenoxy) is 1. The fourth-order valence-electron chi connectivity index (χ4n) is 7.96. The summed E-state index contributed by atoms with van der Waals surface area (Å²) in [7, 11) is 0. The zero-order chi connectivity index (χ0) is 44.5. The molecule has 3 saturated heterocycles. The van der Waals surface area contributed by atoms with Crippen molar-refractivity contribution in [2.45, 2.75) is 76.7 Å². The van der Waals surface area contributed by atoms with Crippen LogP contribution in [0.5, 0.6) is 0 Å². The number of piperazine rings is 1. The summed E-state index contributed by atoms with van der Waals surface area (Å²) in [6.45, 7) is 4.51. The minimum atomic E-state index is -2.94. The van der Waals surface area contributed by atoms with Crippen LogP contribution < -0.4 is 31.5 Å². The Kier molecular flexibility index (Phi) is 14.6. The van der Waals surface area contributed by atoms with E-state index < -0.39 is 41.8 Å². The summed E-state index contributed by atoms with van der Waals surface area (Å²) in [4.78, 5) is 104. The third kappa shape index (κ3) is 10.8. The van der Waals surface area contributed by atoms with Gasteiger partial charge in [0, 0.05) is 83.5 Å². The Morgan fingerprint density at radius 1 is 0.825 bits per heavy atom. The Morgan fingerprint density at radius 2 is 1.51 bits per heavy atom. The van der Waals surface area contributed by atoms with E-state index in [2.05, 4.69) is 40.9 Å². The van der Waals surface area contributed by atoms with Crippen LogP contribution in [0.25, 0.3) is 11.4 Å². The van der Waals surface area contributed by atoms with Gasteiger partial charge in [0.15, 0.2) is 5.82 Å². The first kappa shape index (κ1) is 44.6. The van der Waals surface area contributed by atoms with Gasteiger partial charge in [-0.15, -0.1) is 0 Å². The number of hydrogen-bond donors (Lipinski definition) is 4. The zero-order valence-corrected chi connectivity index (χ0v) is 34.8. The average molecular weight is 876 g/mol. The van der Waals surface area contributed by atoms with Crippen molar-refractivity contribution in [2.24, 2.45) is 0 Å². The van der Waals surface area contributed by atoms with Crippen molar-refractivity contribution in [3.05, 3.63) is 41.2 Å². The molecule has 6 amide bonds. The van der Waals surface area contributed by atoms with Gasteiger partial charge in [-0.25, -0.2) is 18.7 Å². The highest BCUT2D eigenvalue weighted by molar-refractivity contribution is 6.25. The first-order valence-electron chi connectivity index (χ1n) is 21.4. The highest BCUT2D eigenvalue weighted by atomic mass is 19.3. The largest absolute Gasteiger partial charge is 0.384 e.